The number of methoxy groups -OCH3 is 1. The normalized spacial score (nSPS) is 10.7. The van der Waals surface area contributed by atoms with Crippen molar-refractivity contribution in [2.75, 3.05) is 32.6 Å². The second-order valence-electron chi connectivity index (χ2n) is 6.49. The number of aromatic nitrogens is 4. The van der Waals surface area contributed by atoms with Crippen LogP contribution in [-0.2, 0) is 11.3 Å². The molecule has 0 aliphatic heterocycles. The van der Waals surface area contributed by atoms with E-state index in [1.54, 1.807) is 11.6 Å². The van der Waals surface area contributed by atoms with Crippen LogP contribution >= 0.6 is 0 Å². The molecule has 0 atom stereocenters. The van der Waals surface area contributed by atoms with Crippen molar-refractivity contribution in [3.63, 3.8) is 0 Å². The maximum atomic E-state index is 5.00. The second kappa shape index (κ2) is 11.3. The maximum Gasteiger partial charge on any atom is 0.178 e. The van der Waals surface area contributed by atoms with Crippen molar-refractivity contribution in [1.29, 1.82) is 0 Å². The first-order valence-electron chi connectivity index (χ1n) is 9.29. The van der Waals surface area contributed by atoms with Gasteiger partial charge in [-0.1, -0.05) is 44.2 Å². The molecule has 3 aromatic rings. The lowest BCUT2D eigenvalue weighted by Gasteiger charge is -2.06. The van der Waals surface area contributed by atoms with Gasteiger partial charge in [0.15, 0.2) is 11.5 Å². The Bertz CT molecular complexity index is 788. The van der Waals surface area contributed by atoms with E-state index in [9.17, 15) is 0 Å². The standard InChI is InChI=1S/C12H19N5O.C8H11N/c1-9(2)12-15-14-11-6-5-10(16-17(11)12)13-7-4-8-18-3;1-9-7-8-5-3-2-4-6-8/h5-6,9H,4,7-8H2,1-3H3,(H,13,16);2-6,9H,7H2,1H3. The van der Waals surface area contributed by atoms with Crippen LogP contribution < -0.4 is 10.6 Å². The topological polar surface area (TPSA) is 76.4 Å². The highest BCUT2D eigenvalue weighted by Gasteiger charge is 2.10. The minimum absolute atomic E-state index is 0.302. The van der Waals surface area contributed by atoms with Gasteiger partial charge in [-0.3, -0.25) is 0 Å². The van der Waals surface area contributed by atoms with Gasteiger partial charge in [-0.25, -0.2) is 0 Å². The molecule has 2 heterocycles. The summed E-state index contributed by atoms with van der Waals surface area (Å²) in [5.74, 6) is 2.02. The molecule has 7 nitrogen and oxygen atoms in total. The van der Waals surface area contributed by atoms with E-state index >= 15 is 0 Å². The van der Waals surface area contributed by atoms with Gasteiger partial charge in [0.2, 0.25) is 0 Å². The predicted octanol–water partition coefficient (Wildman–Crippen LogP) is 3.10. The van der Waals surface area contributed by atoms with E-state index in [-0.39, 0.29) is 0 Å². The van der Waals surface area contributed by atoms with Crippen LogP contribution in [0.1, 0.15) is 37.6 Å². The lowest BCUT2D eigenvalue weighted by molar-refractivity contribution is 0.197. The molecule has 0 aliphatic rings. The highest BCUT2D eigenvalue weighted by atomic mass is 16.5. The van der Waals surface area contributed by atoms with E-state index in [0.29, 0.717) is 5.92 Å². The van der Waals surface area contributed by atoms with Gasteiger partial charge in [-0.05, 0) is 31.2 Å². The Labute approximate surface area is 161 Å². The van der Waals surface area contributed by atoms with Crippen molar-refractivity contribution in [1.82, 2.24) is 25.1 Å². The Morgan fingerprint density at radius 3 is 2.52 bits per heavy atom. The average molecular weight is 371 g/mol. The zero-order valence-corrected chi connectivity index (χ0v) is 16.6. The quantitative estimate of drug-likeness (QED) is 0.594. The van der Waals surface area contributed by atoms with Gasteiger partial charge in [-0.2, -0.15) is 4.52 Å². The third-order valence-electron chi connectivity index (χ3n) is 3.86. The highest BCUT2D eigenvalue weighted by molar-refractivity contribution is 5.44. The molecule has 146 valence electrons. The van der Waals surface area contributed by atoms with Crippen molar-refractivity contribution in [3.8, 4) is 0 Å². The molecule has 7 heteroatoms. The molecule has 2 aromatic heterocycles. The fraction of sp³-hybridized carbons (Fsp3) is 0.450. The lowest BCUT2D eigenvalue weighted by atomic mass is 10.2. The van der Waals surface area contributed by atoms with Crippen molar-refractivity contribution < 1.29 is 4.74 Å². The maximum absolute atomic E-state index is 5.00. The number of nitrogens with one attached hydrogen (secondary N) is 2. The Hall–Kier alpha value is -2.51. The van der Waals surface area contributed by atoms with Crippen LogP contribution in [0.15, 0.2) is 42.5 Å². The van der Waals surface area contributed by atoms with Crippen LogP contribution in [0.2, 0.25) is 0 Å². The van der Waals surface area contributed by atoms with Gasteiger partial charge >= 0.3 is 0 Å². The van der Waals surface area contributed by atoms with Gasteiger partial charge in [0, 0.05) is 32.7 Å². The van der Waals surface area contributed by atoms with Crippen LogP contribution in [-0.4, -0.2) is 47.1 Å². The molecule has 0 radical (unpaired) electrons. The molecular formula is C20H30N6O. The number of nitrogens with zero attached hydrogens (tertiary/aromatic N) is 4. The monoisotopic (exact) mass is 370 g/mol. The van der Waals surface area contributed by atoms with E-state index < -0.39 is 0 Å². The summed E-state index contributed by atoms with van der Waals surface area (Å²) in [4.78, 5) is 0. The Morgan fingerprint density at radius 2 is 1.85 bits per heavy atom. The van der Waals surface area contributed by atoms with Crippen LogP contribution in [0.25, 0.3) is 5.65 Å². The summed E-state index contributed by atoms with van der Waals surface area (Å²) in [5, 5.41) is 19.1. The summed E-state index contributed by atoms with van der Waals surface area (Å²) in [6, 6.07) is 14.2. The number of benzene rings is 1. The van der Waals surface area contributed by atoms with Crippen molar-refractivity contribution in [3.05, 3.63) is 53.9 Å². The number of hydrogen-bond donors (Lipinski definition) is 2. The third-order valence-corrected chi connectivity index (χ3v) is 3.86. The van der Waals surface area contributed by atoms with E-state index in [0.717, 1.165) is 43.4 Å². The lowest BCUT2D eigenvalue weighted by Crippen LogP contribution is -2.09. The van der Waals surface area contributed by atoms with Crippen molar-refractivity contribution in [2.24, 2.45) is 0 Å². The number of rotatable bonds is 8. The first-order chi connectivity index (χ1) is 13.2. The molecule has 0 amide bonds. The molecule has 1 aromatic carbocycles. The summed E-state index contributed by atoms with van der Waals surface area (Å²) in [7, 11) is 3.66. The van der Waals surface area contributed by atoms with Gasteiger partial charge < -0.3 is 15.4 Å². The molecular weight excluding hydrogens is 340 g/mol. The smallest absolute Gasteiger partial charge is 0.178 e. The number of hydrogen-bond acceptors (Lipinski definition) is 6. The molecule has 2 N–H and O–H groups in total. The van der Waals surface area contributed by atoms with E-state index in [2.05, 4.69) is 51.9 Å². The fourth-order valence-electron chi connectivity index (χ4n) is 2.49. The first kappa shape index (κ1) is 20.8. The number of ether oxygens (including phenoxy) is 1. The van der Waals surface area contributed by atoms with Crippen LogP contribution in [0, 0.1) is 0 Å². The van der Waals surface area contributed by atoms with Gasteiger partial charge in [0.1, 0.15) is 5.82 Å². The van der Waals surface area contributed by atoms with E-state index in [1.165, 1.54) is 5.56 Å². The van der Waals surface area contributed by atoms with Crippen LogP contribution in [0.5, 0.6) is 0 Å². The van der Waals surface area contributed by atoms with Crippen LogP contribution in [0.4, 0.5) is 5.82 Å². The highest BCUT2D eigenvalue weighted by Crippen LogP contribution is 2.13. The molecule has 0 bridgehead atoms. The fourth-order valence-corrected chi connectivity index (χ4v) is 2.49. The van der Waals surface area contributed by atoms with E-state index in [4.69, 9.17) is 4.74 Å². The minimum atomic E-state index is 0.302. The Balaban J connectivity index is 0.000000244. The number of anilines is 1. The largest absolute Gasteiger partial charge is 0.385 e. The molecule has 3 rings (SSSR count). The van der Waals surface area contributed by atoms with Gasteiger partial charge in [-0.15, -0.1) is 15.3 Å². The molecule has 0 fully saturated rings. The summed E-state index contributed by atoms with van der Waals surface area (Å²) in [6.45, 7) is 6.71. The molecule has 27 heavy (non-hydrogen) atoms. The average Bonchev–Trinajstić information content (AvgIpc) is 3.10. The molecule has 0 saturated carbocycles. The van der Waals surface area contributed by atoms with E-state index in [1.807, 2.05) is 37.4 Å². The zero-order valence-electron chi connectivity index (χ0n) is 16.6. The molecule has 0 spiro atoms. The summed E-state index contributed by atoms with van der Waals surface area (Å²) < 4.78 is 6.80. The Morgan fingerprint density at radius 1 is 1.07 bits per heavy atom. The number of fused-ring (bicyclic) bond motifs is 1. The minimum Gasteiger partial charge on any atom is -0.385 e. The summed E-state index contributed by atoms with van der Waals surface area (Å²) in [6.07, 6.45) is 0.954. The third kappa shape index (κ3) is 6.62. The predicted molar refractivity (Wildman–Crippen MR) is 109 cm³/mol. The Kier molecular flexibility index (Phi) is 8.67. The molecule has 0 saturated heterocycles. The molecule has 0 aliphatic carbocycles. The van der Waals surface area contributed by atoms with Gasteiger partial charge in [0.25, 0.3) is 0 Å². The summed E-state index contributed by atoms with van der Waals surface area (Å²) >= 11 is 0. The van der Waals surface area contributed by atoms with Gasteiger partial charge in [0.05, 0.1) is 0 Å². The van der Waals surface area contributed by atoms with Crippen LogP contribution in [0.3, 0.4) is 0 Å². The zero-order chi connectivity index (χ0) is 19.5. The van der Waals surface area contributed by atoms with Crippen molar-refractivity contribution in [2.45, 2.75) is 32.7 Å². The molecule has 0 unspecified atom stereocenters. The first-order valence-corrected chi connectivity index (χ1v) is 9.29. The van der Waals surface area contributed by atoms with Crippen molar-refractivity contribution >= 4 is 11.5 Å². The second-order valence-corrected chi connectivity index (χ2v) is 6.49. The SMILES string of the molecule is CNCc1ccccc1.COCCCNc1ccc2nnc(C(C)C)n2n1. The summed E-state index contributed by atoms with van der Waals surface area (Å²) in [5.41, 5.74) is 2.11.